The van der Waals surface area contributed by atoms with E-state index < -0.39 is 0 Å². The second kappa shape index (κ2) is 7.44. The maximum absolute atomic E-state index is 2.37. The zero-order valence-electron chi connectivity index (χ0n) is 14.3. The molecule has 0 atom stereocenters. The van der Waals surface area contributed by atoms with Crippen LogP contribution in [0.2, 0.25) is 0 Å². The van der Waals surface area contributed by atoms with Gasteiger partial charge in [-0.25, -0.2) is 0 Å². The summed E-state index contributed by atoms with van der Waals surface area (Å²) in [6, 6.07) is 0. The van der Waals surface area contributed by atoms with E-state index in [-0.39, 0.29) is 0 Å². The molecule has 0 fully saturated rings. The van der Waals surface area contributed by atoms with Crippen molar-refractivity contribution in [3.05, 3.63) is 0 Å². The maximum Gasteiger partial charge on any atom is -0.0357 e. The fraction of sp³-hybridized carbons (Fsp3) is 1.00. The van der Waals surface area contributed by atoms with Gasteiger partial charge in [0.15, 0.2) is 0 Å². The minimum Gasteiger partial charge on any atom is -0.0649 e. The first-order chi connectivity index (χ1) is 7.27. The fourth-order valence-electron chi connectivity index (χ4n) is 1.27. The second-order valence-electron chi connectivity index (χ2n) is 8.93. The van der Waals surface area contributed by atoms with Crippen LogP contribution in [0.25, 0.3) is 0 Å². The van der Waals surface area contributed by atoms with Gasteiger partial charge in [-0.2, -0.15) is 0 Å². The lowest BCUT2D eigenvalue weighted by Crippen LogP contribution is -2.12. The summed E-state index contributed by atoms with van der Waals surface area (Å²) in [5, 5.41) is 0. The normalized spacial score (nSPS) is 13.1. The topological polar surface area (TPSA) is 0 Å². The summed E-state index contributed by atoms with van der Waals surface area (Å²) in [5.74, 6) is 0. The molecule has 0 aliphatic heterocycles. The monoisotopic (exact) mass is 242 g/mol. The Hall–Kier alpha value is 0. The van der Waals surface area contributed by atoms with Crippen LogP contribution >= 0.6 is 0 Å². The van der Waals surface area contributed by atoms with Crippen LogP contribution in [0.5, 0.6) is 0 Å². The van der Waals surface area contributed by atoms with Crippen LogP contribution in [0.1, 0.15) is 94.9 Å². The van der Waals surface area contributed by atoms with Gasteiger partial charge in [0.2, 0.25) is 0 Å². The van der Waals surface area contributed by atoms with Crippen LogP contribution in [-0.2, 0) is 0 Å². The Morgan fingerprint density at radius 1 is 0.647 bits per heavy atom. The third-order valence-corrected chi connectivity index (χ3v) is 2.74. The summed E-state index contributed by atoms with van der Waals surface area (Å²) in [4.78, 5) is 0. The minimum absolute atomic E-state index is 0.500. The van der Waals surface area contributed by atoms with E-state index in [1.807, 2.05) is 0 Å². The molecule has 0 radical (unpaired) electrons. The highest BCUT2D eigenvalue weighted by Gasteiger charge is 2.16. The van der Waals surface area contributed by atoms with E-state index in [0.717, 1.165) is 0 Å². The van der Waals surface area contributed by atoms with Crippen LogP contribution in [0.15, 0.2) is 0 Å². The molecule has 0 aromatic rings. The highest BCUT2D eigenvalue weighted by molar-refractivity contribution is 4.69. The smallest absolute Gasteiger partial charge is 0.0357 e. The van der Waals surface area contributed by atoms with Crippen LogP contribution in [-0.4, -0.2) is 0 Å². The molecule has 0 spiro atoms. The lowest BCUT2D eigenvalue weighted by molar-refractivity contribution is 0.274. The molecule has 0 aliphatic rings. The molecule has 0 heterocycles. The van der Waals surface area contributed by atoms with E-state index in [2.05, 4.69) is 69.2 Å². The van der Waals surface area contributed by atoms with Gasteiger partial charge in [-0.1, -0.05) is 82.1 Å². The van der Waals surface area contributed by atoms with Crippen LogP contribution in [0, 0.1) is 16.2 Å². The first kappa shape index (κ1) is 19.3. The van der Waals surface area contributed by atoms with Gasteiger partial charge in [0.25, 0.3) is 0 Å². The standard InChI is InChI=1S/C12H26.C5H12/c1-7-12(5,6)10-8-9-11(2,3)4;1-5(2,3)4/h7-10H2,1-6H3;1-4H3. The predicted molar refractivity (Wildman–Crippen MR) is 82.5 cm³/mol. The number of hydrogen-bond acceptors (Lipinski definition) is 0. The van der Waals surface area contributed by atoms with Crippen molar-refractivity contribution >= 4 is 0 Å². The minimum atomic E-state index is 0.500. The van der Waals surface area contributed by atoms with Crippen LogP contribution < -0.4 is 0 Å². The highest BCUT2D eigenvalue weighted by atomic mass is 14.2. The zero-order valence-corrected chi connectivity index (χ0v) is 14.3. The third kappa shape index (κ3) is 25.9. The van der Waals surface area contributed by atoms with Crippen molar-refractivity contribution in [2.45, 2.75) is 94.9 Å². The Morgan fingerprint density at radius 3 is 1.24 bits per heavy atom. The van der Waals surface area contributed by atoms with Crippen molar-refractivity contribution in [2.75, 3.05) is 0 Å². The molecule has 0 amide bonds. The molecule has 0 saturated carbocycles. The number of hydrogen-bond donors (Lipinski definition) is 0. The molecule has 17 heavy (non-hydrogen) atoms. The Bertz CT molecular complexity index is 167. The molecule has 0 bridgehead atoms. The van der Waals surface area contributed by atoms with Gasteiger partial charge in [-0.05, 0) is 29.1 Å². The van der Waals surface area contributed by atoms with Crippen LogP contribution in [0.3, 0.4) is 0 Å². The Balaban J connectivity index is 0. The molecule has 0 unspecified atom stereocenters. The Labute approximate surface area is 112 Å². The number of rotatable bonds is 4. The third-order valence-electron chi connectivity index (χ3n) is 2.74. The van der Waals surface area contributed by atoms with Crippen LogP contribution in [0.4, 0.5) is 0 Å². The highest BCUT2D eigenvalue weighted by Crippen LogP contribution is 2.30. The van der Waals surface area contributed by atoms with Gasteiger partial charge in [0.1, 0.15) is 0 Å². The molecule has 0 N–H and O–H groups in total. The molecule has 0 aliphatic carbocycles. The summed E-state index contributed by atoms with van der Waals surface area (Å²) in [6.07, 6.45) is 5.42. The quantitative estimate of drug-likeness (QED) is 0.515. The van der Waals surface area contributed by atoms with Crippen molar-refractivity contribution in [2.24, 2.45) is 16.2 Å². The maximum atomic E-state index is 2.37. The van der Waals surface area contributed by atoms with Gasteiger partial charge in [0.05, 0.1) is 0 Å². The molecule has 0 aromatic heterocycles. The first-order valence-corrected chi connectivity index (χ1v) is 7.27. The van der Waals surface area contributed by atoms with E-state index in [0.29, 0.717) is 16.2 Å². The zero-order chi connectivity index (χ0) is 14.3. The van der Waals surface area contributed by atoms with E-state index in [1.54, 1.807) is 0 Å². The SMILES string of the molecule is CC(C)(C)C.CCC(C)(C)CCCC(C)(C)C. The van der Waals surface area contributed by atoms with Gasteiger partial charge in [-0.3, -0.25) is 0 Å². The van der Waals surface area contributed by atoms with E-state index in [1.165, 1.54) is 25.7 Å². The summed E-state index contributed by atoms with van der Waals surface area (Å²) >= 11 is 0. The predicted octanol–water partition coefficient (Wildman–Crippen LogP) is 6.69. The van der Waals surface area contributed by atoms with E-state index in [4.69, 9.17) is 0 Å². The molecule has 0 saturated heterocycles. The van der Waals surface area contributed by atoms with Crippen molar-refractivity contribution in [1.82, 2.24) is 0 Å². The van der Waals surface area contributed by atoms with Crippen molar-refractivity contribution in [3.8, 4) is 0 Å². The molecular formula is C17H38. The average molecular weight is 242 g/mol. The fourth-order valence-corrected chi connectivity index (χ4v) is 1.27. The average Bonchev–Trinajstić information content (AvgIpc) is 1.98. The van der Waals surface area contributed by atoms with Gasteiger partial charge in [-0.15, -0.1) is 0 Å². The van der Waals surface area contributed by atoms with E-state index >= 15 is 0 Å². The van der Waals surface area contributed by atoms with Gasteiger partial charge < -0.3 is 0 Å². The van der Waals surface area contributed by atoms with E-state index in [9.17, 15) is 0 Å². The summed E-state index contributed by atoms with van der Waals surface area (Å²) in [7, 11) is 0. The van der Waals surface area contributed by atoms with Crippen molar-refractivity contribution in [1.29, 1.82) is 0 Å². The Morgan fingerprint density at radius 2 is 1.00 bits per heavy atom. The lowest BCUT2D eigenvalue weighted by Gasteiger charge is -2.25. The van der Waals surface area contributed by atoms with Crippen molar-refractivity contribution < 1.29 is 0 Å². The largest absolute Gasteiger partial charge is 0.0649 e. The molecule has 106 valence electrons. The second-order valence-corrected chi connectivity index (χ2v) is 8.93. The molecule has 0 rings (SSSR count). The molecule has 0 nitrogen and oxygen atoms in total. The molecule has 0 aromatic carbocycles. The summed E-state index contributed by atoms with van der Waals surface area (Å²) in [6.45, 7) is 22.8. The van der Waals surface area contributed by atoms with Gasteiger partial charge >= 0.3 is 0 Å². The first-order valence-electron chi connectivity index (χ1n) is 7.27. The molecule has 0 heteroatoms. The summed E-state index contributed by atoms with van der Waals surface area (Å²) < 4.78 is 0. The lowest BCUT2D eigenvalue weighted by atomic mass is 9.81. The molecular weight excluding hydrogens is 204 g/mol. The van der Waals surface area contributed by atoms with Gasteiger partial charge in [0, 0.05) is 0 Å². The van der Waals surface area contributed by atoms with Crippen molar-refractivity contribution in [3.63, 3.8) is 0 Å². The summed E-state index contributed by atoms with van der Waals surface area (Å²) in [5.41, 5.74) is 1.58. The Kier molecular flexibility index (Phi) is 8.46.